The first-order chi connectivity index (χ1) is 20.3. The third-order valence-electron chi connectivity index (χ3n) is 8.11. The monoisotopic (exact) mass is 573 g/mol. The lowest BCUT2D eigenvalue weighted by Gasteiger charge is -2.44. The Morgan fingerprint density at radius 1 is 1.10 bits per heavy atom. The number of aryl methyl sites for hydroxylation is 1. The van der Waals surface area contributed by atoms with Crippen molar-refractivity contribution in [3.05, 3.63) is 72.9 Å². The van der Waals surface area contributed by atoms with Crippen molar-refractivity contribution in [1.82, 2.24) is 29.5 Å². The van der Waals surface area contributed by atoms with E-state index in [2.05, 4.69) is 25.4 Å². The van der Waals surface area contributed by atoms with Gasteiger partial charge in [-0.2, -0.15) is 5.10 Å². The molecule has 2 fully saturated rings. The topological polar surface area (TPSA) is 110 Å². The molecule has 3 atom stereocenters. The molecule has 0 saturated carbocycles. The molecule has 5 aromatic rings. The number of nitrogens with one attached hydrogen (secondary N) is 1. The third-order valence-corrected chi connectivity index (χ3v) is 8.11. The largest absolute Gasteiger partial charge is 0.489 e. The van der Waals surface area contributed by atoms with Gasteiger partial charge in [0, 0.05) is 36.8 Å². The van der Waals surface area contributed by atoms with Gasteiger partial charge in [0.15, 0.2) is 5.65 Å². The molecular formula is C30H29F2N7O3. The number of ether oxygens (including phenoxy) is 2. The van der Waals surface area contributed by atoms with Gasteiger partial charge in [0.1, 0.15) is 47.5 Å². The van der Waals surface area contributed by atoms with Crippen LogP contribution in [0.4, 0.5) is 20.3 Å². The first-order valence-electron chi connectivity index (χ1n) is 13.9. The zero-order valence-corrected chi connectivity index (χ0v) is 22.8. The van der Waals surface area contributed by atoms with Gasteiger partial charge in [-0.15, -0.1) is 0 Å². The normalized spacial score (nSPS) is 22.2. The Hall–Kier alpha value is -4.42. The molecule has 0 radical (unpaired) electrons. The van der Waals surface area contributed by atoms with Crippen LogP contribution in [0.25, 0.3) is 16.6 Å². The summed E-state index contributed by atoms with van der Waals surface area (Å²) in [6.45, 7) is 1.53. The number of aromatic nitrogens is 5. The van der Waals surface area contributed by atoms with E-state index in [0.29, 0.717) is 58.9 Å². The van der Waals surface area contributed by atoms with Crippen molar-refractivity contribution in [3.8, 4) is 17.2 Å². The number of nitrogens with zero attached hydrogens (tertiary/aromatic N) is 6. The van der Waals surface area contributed by atoms with E-state index >= 15 is 0 Å². The van der Waals surface area contributed by atoms with E-state index in [9.17, 15) is 13.9 Å². The summed E-state index contributed by atoms with van der Waals surface area (Å²) in [4.78, 5) is 14.7. The van der Waals surface area contributed by atoms with Gasteiger partial charge in [-0.1, -0.05) is 6.07 Å². The van der Waals surface area contributed by atoms with Crippen LogP contribution in [0.5, 0.6) is 17.2 Å². The van der Waals surface area contributed by atoms with Crippen molar-refractivity contribution < 1.29 is 23.4 Å². The number of hydrogen-bond acceptors (Lipinski definition) is 9. The van der Waals surface area contributed by atoms with Crippen molar-refractivity contribution >= 4 is 28.1 Å². The number of alkyl halides is 2. The summed E-state index contributed by atoms with van der Waals surface area (Å²) < 4.78 is 40.6. The van der Waals surface area contributed by atoms with Crippen LogP contribution in [-0.4, -0.2) is 65.4 Å². The Balaban J connectivity index is 1.12. The Morgan fingerprint density at radius 2 is 2.00 bits per heavy atom. The second-order valence-corrected chi connectivity index (χ2v) is 10.9. The fourth-order valence-electron chi connectivity index (χ4n) is 6.23. The van der Waals surface area contributed by atoms with E-state index < -0.39 is 18.7 Å². The third kappa shape index (κ3) is 4.96. The van der Waals surface area contributed by atoms with Gasteiger partial charge in [-0.25, -0.2) is 28.2 Å². The number of hydrogen-bond donors (Lipinski definition) is 2. The van der Waals surface area contributed by atoms with Crippen molar-refractivity contribution in [2.24, 2.45) is 0 Å². The molecule has 0 amide bonds. The molecule has 2 saturated heterocycles. The van der Waals surface area contributed by atoms with Crippen LogP contribution in [0, 0.1) is 6.92 Å². The van der Waals surface area contributed by atoms with E-state index in [4.69, 9.17) is 9.47 Å². The van der Waals surface area contributed by atoms with Crippen LogP contribution in [0.3, 0.4) is 0 Å². The molecule has 2 bridgehead atoms. The number of pyridine rings is 1. The van der Waals surface area contributed by atoms with Crippen molar-refractivity contribution in [2.45, 2.75) is 56.9 Å². The maximum atomic E-state index is 13.2. The number of fused-ring (bicyclic) bond motifs is 4. The lowest BCUT2D eigenvalue weighted by Crippen LogP contribution is -2.56. The van der Waals surface area contributed by atoms with Gasteiger partial charge in [-0.3, -0.25) is 4.90 Å². The molecule has 2 aliphatic heterocycles. The second kappa shape index (κ2) is 10.4. The molecule has 42 heavy (non-hydrogen) atoms. The van der Waals surface area contributed by atoms with Gasteiger partial charge >= 0.3 is 0 Å². The standard InChI is InChI=1S/C30H29F2N7O3/c1-18-11-19(5-6-24(18)41-21-8-10-39-27(13-21)34-17-36-39)37-29-28-23(33-16-35-29)3-2-4-25(28)42-22-12-20-7-9-30(40,14-22)38(20)15-26(31)32/h2-6,8,10-11,13,16-17,20,22,26,40H,7,9,12,14-15H2,1H3,(H,33,35,37)/t20-,22+,30-/m0/s1. The molecule has 2 N–H and O–H groups in total. The summed E-state index contributed by atoms with van der Waals surface area (Å²) in [7, 11) is 0. The van der Waals surface area contributed by atoms with Crippen LogP contribution in [0.15, 0.2) is 67.4 Å². The molecule has 12 heteroatoms. The van der Waals surface area contributed by atoms with Gasteiger partial charge in [0.2, 0.25) is 0 Å². The number of halogens is 2. The minimum absolute atomic E-state index is 0.145. The number of rotatable bonds is 8. The summed E-state index contributed by atoms with van der Waals surface area (Å²) in [5, 5.41) is 19.4. The van der Waals surface area contributed by atoms with Crippen LogP contribution < -0.4 is 14.8 Å². The highest BCUT2D eigenvalue weighted by atomic mass is 19.3. The van der Waals surface area contributed by atoms with Crippen LogP contribution in [0.1, 0.15) is 31.2 Å². The highest BCUT2D eigenvalue weighted by Gasteiger charge is 2.52. The van der Waals surface area contributed by atoms with Gasteiger partial charge in [-0.05, 0) is 61.7 Å². The summed E-state index contributed by atoms with van der Waals surface area (Å²) >= 11 is 0. The predicted molar refractivity (Wildman–Crippen MR) is 151 cm³/mol. The lowest BCUT2D eigenvalue weighted by molar-refractivity contribution is -0.156. The molecular weight excluding hydrogens is 544 g/mol. The zero-order chi connectivity index (χ0) is 28.8. The molecule has 5 heterocycles. The maximum Gasteiger partial charge on any atom is 0.251 e. The average Bonchev–Trinajstić information content (AvgIpc) is 3.49. The molecule has 2 aromatic carbocycles. The quantitative estimate of drug-likeness (QED) is 0.250. The maximum absolute atomic E-state index is 13.2. The molecule has 10 nitrogen and oxygen atoms in total. The van der Waals surface area contributed by atoms with Gasteiger partial charge in [0.25, 0.3) is 6.43 Å². The molecule has 0 aliphatic carbocycles. The van der Waals surface area contributed by atoms with Gasteiger partial charge < -0.3 is 19.9 Å². The van der Waals surface area contributed by atoms with Crippen LogP contribution >= 0.6 is 0 Å². The SMILES string of the molecule is Cc1cc(Nc2ncnc3cccc(O[C@@H]4C[C@@H]5CC[C@](O)(C4)N5CC(F)F)c23)ccc1Oc1ccn2ncnc2c1. The van der Waals surface area contributed by atoms with E-state index in [0.717, 1.165) is 11.3 Å². The number of piperidine rings is 1. The molecule has 3 aromatic heterocycles. The molecule has 0 spiro atoms. The van der Waals surface area contributed by atoms with Crippen LogP contribution in [0.2, 0.25) is 0 Å². The number of aliphatic hydroxyl groups is 1. The van der Waals surface area contributed by atoms with E-state index in [-0.39, 0.29) is 18.6 Å². The van der Waals surface area contributed by atoms with Gasteiger partial charge in [0.05, 0.1) is 17.4 Å². The van der Waals surface area contributed by atoms with Crippen LogP contribution in [-0.2, 0) is 0 Å². The number of benzene rings is 2. The summed E-state index contributed by atoms with van der Waals surface area (Å²) in [6, 6.07) is 14.8. The Labute approximate surface area is 239 Å². The molecule has 2 aliphatic rings. The summed E-state index contributed by atoms with van der Waals surface area (Å²) in [6.07, 6.45) is 3.90. The highest BCUT2D eigenvalue weighted by Crippen LogP contribution is 2.44. The Bertz CT molecular complexity index is 1760. The predicted octanol–water partition coefficient (Wildman–Crippen LogP) is 5.48. The van der Waals surface area contributed by atoms with Crippen molar-refractivity contribution in [2.75, 3.05) is 11.9 Å². The fourth-order valence-corrected chi connectivity index (χ4v) is 6.23. The molecule has 216 valence electrons. The average molecular weight is 574 g/mol. The van der Waals surface area contributed by atoms with E-state index in [1.807, 2.05) is 55.5 Å². The highest BCUT2D eigenvalue weighted by molar-refractivity contribution is 5.95. The second-order valence-electron chi connectivity index (χ2n) is 10.9. The Morgan fingerprint density at radius 3 is 2.83 bits per heavy atom. The molecule has 7 rings (SSSR count). The summed E-state index contributed by atoms with van der Waals surface area (Å²) in [5.41, 5.74) is 1.82. The van der Waals surface area contributed by atoms with Crippen molar-refractivity contribution in [3.63, 3.8) is 0 Å². The minimum Gasteiger partial charge on any atom is -0.489 e. The van der Waals surface area contributed by atoms with Crippen molar-refractivity contribution in [1.29, 1.82) is 0 Å². The fraction of sp³-hybridized carbons (Fsp3) is 0.333. The minimum atomic E-state index is -2.49. The zero-order valence-electron chi connectivity index (χ0n) is 22.8. The lowest BCUT2D eigenvalue weighted by atomic mass is 9.96. The van der Waals surface area contributed by atoms with E-state index in [1.54, 1.807) is 15.6 Å². The first-order valence-corrected chi connectivity index (χ1v) is 13.9. The van der Waals surface area contributed by atoms with E-state index in [1.165, 1.54) is 12.7 Å². The first kappa shape index (κ1) is 26.5. The molecule has 0 unspecified atom stereocenters. The summed E-state index contributed by atoms with van der Waals surface area (Å²) in [5.74, 6) is 2.50. The number of anilines is 2. The Kier molecular flexibility index (Phi) is 6.59. The smallest absolute Gasteiger partial charge is 0.251 e.